The summed E-state index contributed by atoms with van der Waals surface area (Å²) in [5.41, 5.74) is 2.21. The standard InChI is InChI=1S/C24H16ClN3O3/c25-14-8-10-15(11-9-14)28-21(19-7-3-4-12-26-19)20(23(30)24(28)31)22(29)17-13-27-18-6-2-1-5-16(17)18/h1-13,21,27,29H/b22-20-. The number of benzene rings is 2. The first-order valence-electron chi connectivity index (χ1n) is 9.60. The molecule has 1 atom stereocenters. The van der Waals surface area contributed by atoms with Gasteiger partial charge in [-0.05, 0) is 42.5 Å². The predicted molar refractivity (Wildman–Crippen MR) is 119 cm³/mol. The molecule has 1 unspecified atom stereocenters. The first-order valence-corrected chi connectivity index (χ1v) is 9.98. The number of fused-ring (bicyclic) bond motifs is 1. The van der Waals surface area contributed by atoms with Crippen molar-refractivity contribution in [2.45, 2.75) is 6.04 Å². The highest BCUT2D eigenvalue weighted by Crippen LogP contribution is 2.42. The van der Waals surface area contributed by atoms with Crippen LogP contribution in [0.25, 0.3) is 16.7 Å². The van der Waals surface area contributed by atoms with E-state index in [0.29, 0.717) is 22.0 Å². The van der Waals surface area contributed by atoms with Crippen molar-refractivity contribution in [2.75, 3.05) is 4.90 Å². The lowest BCUT2D eigenvalue weighted by Crippen LogP contribution is -2.29. The van der Waals surface area contributed by atoms with Crippen molar-refractivity contribution in [1.82, 2.24) is 9.97 Å². The van der Waals surface area contributed by atoms with Gasteiger partial charge in [0, 0.05) is 39.6 Å². The maximum absolute atomic E-state index is 13.1. The minimum Gasteiger partial charge on any atom is -0.507 e. The molecule has 0 spiro atoms. The van der Waals surface area contributed by atoms with Crippen LogP contribution in [0, 0.1) is 0 Å². The minimum atomic E-state index is -0.879. The highest BCUT2D eigenvalue weighted by atomic mass is 35.5. The number of hydrogen-bond donors (Lipinski definition) is 2. The van der Waals surface area contributed by atoms with Gasteiger partial charge in [0.1, 0.15) is 11.8 Å². The number of pyridine rings is 1. The molecule has 1 fully saturated rings. The van der Waals surface area contributed by atoms with E-state index in [0.717, 1.165) is 10.9 Å². The number of carbonyl (C=O) groups excluding carboxylic acids is 2. The summed E-state index contributed by atoms with van der Waals surface area (Å²) in [5, 5.41) is 12.5. The Morgan fingerprint density at radius 2 is 1.74 bits per heavy atom. The number of hydrogen-bond acceptors (Lipinski definition) is 4. The molecule has 3 heterocycles. The van der Waals surface area contributed by atoms with E-state index in [9.17, 15) is 14.7 Å². The van der Waals surface area contributed by atoms with Crippen molar-refractivity contribution in [1.29, 1.82) is 0 Å². The number of amides is 1. The molecule has 2 aromatic carbocycles. The lowest BCUT2D eigenvalue weighted by molar-refractivity contribution is -0.132. The number of nitrogens with zero attached hydrogens (tertiary/aromatic N) is 2. The van der Waals surface area contributed by atoms with Gasteiger partial charge in [0.05, 0.1) is 11.3 Å². The molecule has 2 aromatic heterocycles. The second-order valence-electron chi connectivity index (χ2n) is 7.15. The Bertz CT molecular complexity index is 1340. The zero-order chi connectivity index (χ0) is 21.5. The van der Waals surface area contributed by atoms with Crippen LogP contribution in [0.4, 0.5) is 5.69 Å². The number of H-pyrrole nitrogens is 1. The zero-order valence-corrected chi connectivity index (χ0v) is 16.9. The second kappa shape index (κ2) is 7.41. The number of ketones is 1. The van der Waals surface area contributed by atoms with Crippen LogP contribution >= 0.6 is 11.6 Å². The van der Waals surface area contributed by atoms with Gasteiger partial charge in [-0.3, -0.25) is 19.5 Å². The van der Waals surface area contributed by atoms with E-state index in [1.165, 1.54) is 4.90 Å². The molecule has 1 amide bonds. The molecule has 1 saturated heterocycles. The molecule has 2 N–H and O–H groups in total. The van der Waals surface area contributed by atoms with E-state index in [1.807, 2.05) is 24.3 Å². The Labute approximate surface area is 182 Å². The van der Waals surface area contributed by atoms with Crippen molar-refractivity contribution in [3.8, 4) is 0 Å². The molecule has 31 heavy (non-hydrogen) atoms. The van der Waals surface area contributed by atoms with Crippen LogP contribution in [0.1, 0.15) is 17.3 Å². The van der Waals surface area contributed by atoms with E-state index in [-0.39, 0.29) is 11.3 Å². The van der Waals surface area contributed by atoms with Crippen LogP contribution in [0.5, 0.6) is 0 Å². The monoisotopic (exact) mass is 429 g/mol. The van der Waals surface area contributed by atoms with Crippen molar-refractivity contribution >= 4 is 45.6 Å². The minimum absolute atomic E-state index is 0.0107. The smallest absolute Gasteiger partial charge is 0.300 e. The third kappa shape index (κ3) is 3.08. The molecule has 0 bridgehead atoms. The summed E-state index contributed by atoms with van der Waals surface area (Å²) in [7, 11) is 0. The zero-order valence-electron chi connectivity index (χ0n) is 16.1. The van der Waals surface area contributed by atoms with Crippen molar-refractivity contribution in [3.05, 3.63) is 101 Å². The summed E-state index contributed by atoms with van der Waals surface area (Å²) in [5.74, 6) is -1.75. The second-order valence-corrected chi connectivity index (χ2v) is 7.58. The van der Waals surface area contributed by atoms with Crippen LogP contribution in [-0.4, -0.2) is 26.8 Å². The SMILES string of the molecule is O=C1C(=O)N(c2ccc(Cl)cc2)C(c2ccccn2)/C1=C(/O)c1c[nH]c2ccccc12. The van der Waals surface area contributed by atoms with Gasteiger partial charge in [0.25, 0.3) is 11.7 Å². The van der Waals surface area contributed by atoms with E-state index in [4.69, 9.17) is 11.6 Å². The van der Waals surface area contributed by atoms with E-state index in [1.54, 1.807) is 54.9 Å². The summed E-state index contributed by atoms with van der Waals surface area (Å²) in [4.78, 5) is 35.0. The third-order valence-corrected chi connectivity index (χ3v) is 5.61. The van der Waals surface area contributed by atoms with Crippen LogP contribution in [0.3, 0.4) is 0 Å². The maximum Gasteiger partial charge on any atom is 0.300 e. The Morgan fingerprint density at radius 1 is 1.00 bits per heavy atom. The van der Waals surface area contributed by atoms with Gasteiger partial charge in [0.2, 0.25) is 0 Å². The largest absolute Gasteiger partial charge is 0.507 e. The van der Waals surface area contributed by atoms with Gasteiger partial charge in [-0.25, -0.2) is 0 Å². The maximum atomic E-state index is 13.1. The number of halogens is 1. The number of aliphatic hydroxyl groups is 1. The molecule has 0 aliphatic carbocycles. The fourth-order valence-electron chi connectivity index (χ4n) is 3.93. The molecule has 1 aliphatic rings. The fraction of sp³-hybridized carbons (Fsp3) is 0.0417. The molecular weight excluding hydrogens is 414 g/mol. The van der Waals surface area contributed by atoms with Gasteiger partial charge in [-0.1, -0.05) is 35.9 Å². The molecule has 4 aromatic rings. The highest BCUT2D eigenvalue weighted by Gasteiger charge is 2.47. The fourth-order valence-corrected chi connectivity index (χ4v) is 4.06. The van der Waals surface area contributed by atoms with Crippen LogP contribution in [0.15, 0.2) is 84.7 Å². The first-order chi connectivity index (χ1) is 15.1. The summed E-state index contributed by atoms with van der Waals surface area (Å²) in [6.07, 6.45) is 3.22. The lowest BCUT2D eigenvalue weighted by atomic mass is 9.98. The normalized spacial score (nSPS) is 18.1. The highest BCUT2D eigenvalue weighted by molar-refractivity contribution is 6.51. The molecule has 1 aliphatic heterocycles. The Hall–Kier alpha value is -3.90. The summed E-state index contributed by atoms with van der Waals surface area (Å²) in [6.45, 7) is 0. The number of aromatic amines is 1. The van der Waals surface area contributed by atoms with Crippen LogP contribution in [0.2, 0.25) is 5.02 Å². The molecule has 5 rings (SSSR count). The first kappa shape index (κ1) is 19.1. The van der Waals surface area contributed by atoms with E-state index >= 15 is 0 Å². The van der Waals surface area contributed by atoms with Gasteiger partial charge in [0.15, 0.2) is 0 Å². The summed E-state index contributed by atoms with van der Waals surface area (Å²) in [6, 6.07) is 18.4. The Balaban J connectivity index is 1.75. The van der Waals surface area contributed by atoms with Crippen LogP contribution < -0.4 is 4.90 Å². The number of aromatic nitrogens is 2. The lowest BCUT2D eigenvalue weighted by Gasteiger charge is -2.24. The predicted octanol–water partition coefficient (Wildman–Crippen LogP) is 4.84. The summed E-state index contributed by atoms with van der Waals surface area (Å²) < 4.78 is 0. The molecule has 152 valence electrons. The number of para-hydroxylation sites is 1. The number of carbonyl (C=O) groups is 2. The van der Waals surface area contributed by atoms with E-state index in [2.05, 4.69) is 9.97 Å². The van der Waals surface area contributed by atoms with Gasteiger partial charge in [-0.2, -0.15) is 0 Å². The molecule has 7 heteroatoms. The molecule has 0 saturated carbocycles. The number of anilines is 1. The van der Waals surface area contributed by atoms with Gasteiger partial charge in [-0.15, -0.1) is 0 Å². The molecular formula is C24H16ClN3O3. The van der Waals surface area contributed by atoms with E-state index < -0.39 is 17.7 Å². The van der Waals surface area contributed by atoms with Gasteiger partial charge < -0.3 is 10.1 Å². The van der Waals surface area contributed by atoms with Crippen molar-refractivity contribution in [2.24, 2.45) is 0 Å². The topological polar surface area (TPSA) is 86.3 Å². The Kier molecular flexibility index (Phi) is 4.56. The number of Topliss-reactive ketones (excluding diaryl/α,β-unsaturated/α-hetero) is 1. The number of rotatable bonds is 3. The third-order valence-electron chi connectivity index (χ3n) is 5.36. The average Bonchev–Trinajstić information content (AvgIpc) is 3.34. The quantitative estimate of drug-likeness (QED) is 0.277. The average molecular weight is 430 g/mol. The van der Waals surface area contributed by atoms with Crippen molar-refractivity contribution < 1.29 is 14.7 Å². The Morgan fingerprint density at radius 3 is 2.48 bits per heavy atom. The molecule has 0 radical (unpaired) electrons. The number of nitrogens with one attached hydrogen (secondary N) is 1. The summed E-state index contributed by atoms with van der Waals surface area (Å²) >= 11 is 6.00. The van der Waals surface area contributed by atoms with Gasteiger partial charge >= 0.3 is 0 Å². The number of aliphatic hydroxyl groups excluding tert-OH is 1. The molecule has 6 nitrogen and oxygen atoms in total. The van der Waals surface area contributed by atoms with Crippen LogP contribution in [-0.2, 0) is 9.59 Å². The van der Waals surface area contributed by atoms with Crippen molar-refractivity contribution in [3.63, 3.8) is 0 Å².